The molecule has 0 spiro atoms. The lowest BCUT2D eigenvalue weighted by atomic mass is 10.2. The number of rotatable bonds is 5. The van der Waals surface area contributed by atoms with E-state index >= 15 is 0 Å². The molecule has 0 saturated heterocycles. The Balaban J connectivity index is 2.70. The Morgan fingerprint density at radius 1 is 1.35 bits per heavy atom. The Morgan fingerprint density at radius 2 is 1.90 bits per heavy atom. The fraction of sp³-hybridized carbons (Fsp3) is 0.462. The van der Waals surface area contributed by atoms with Crippen LogP contribution in [0.4, 0.5) is 4.79 Å². The highest BCUT2D eigenvalue weighted by Crippen LogP contribution is 2.51. The molecule has 0 N–H and O–H groups in total. The highest BCUT2D eigenvalue weighted by atomic mass is 31.2. The summed E-state index contributed by atoms with van der Waals surface area (Å²) in [5.74, 6) is 0. The zero-order valence-corrected chi connectivity index (χ0v) is 12.9. The lowest BCUT2D eigenvalue weighted by molar-refractivity contribution is -0.206. The molecule has 0 bridgehead atoms. The molecule has 0 aliphatic heterocycles. The second-order valence-corrected chi connectivity index (χ2v) is 7.23. The van der Waals surface area contributed by atoms with Crippen LogP contribution in [0, 0.1) is 0 Å². The van der Waals surface area contributed by atoms with Crippen molar-refractivity contribution in [3.63, 3.8) is 0 Å². The molecule has 1 rings (SSSR count). The molecule has 0 heterocycles. The average molecular weight is 300 g/mol. The highest BCUT2D eigenvalue weighted by molar-refractivity contribution is 7.53. The van der Waals surface area contributed by atoms with Gasteiger partial charge in [-0.05, 0) is 19.4 Å². The number of benzene rings is 1. The molecule has 0 fully saturated rings. The van der Waals surface area contributed by atoms with Gasteiger partial charge in [-0.2, -0.15) is 0 Å². The van der Waals surface area contributed by atoms with Gasteiger partial charge in [-0.25, -0.2) is 4.79 Å². The van der Waals surface area contributed by atoms with Crippen molar-refractivity contribution in [2.24, 2.45) is 0 Å². The van der Waals surface area contributed by atoms with Crippen LogP contribution in [-0.4, -0.2) is 30.4 Å². The molecule has 1 aromatic rings. The molecular formula is C13H19NO5P-. The van der Waals surface area contributed by atoms with Gasteiger partial charge in [0.25, 0.3) is 0 Å². The largest absolute Gasteiger partial charge is 0.777 e. The number of amides is 1. The Labute approximate surface area is 118 Å². The van der Waals surface area contributed by atoms with E-state index in [4.69, 9.17) is 4.74 Å². The van der Waals surface area contributed by atoms with Crippen molar-refractivity contribution in [1.82, 2.24) is 4.90 Å². The molecular weight excluding hydrogens is 281 g/mol. The molecule has 6 nitrogen and oxygen atoms in total. The fourth-order valence-corrected chi connectivity index (χ4v) is 2.34. The summed E-state index contributed by atoms with van der Waals surface area (Å²) >= 11 is 0. The second-order valence-electron chi connectivity index (χ2n) is 4.77. The van der Waals surface area contributed by atoms with Crippen molar-refractivity contribution in [3.8, 4) is 0 Å². The number of nitrogens with zero attached hydrogens (tertiary/aromatic N) is 1. The predicted octanol–water partition coefficient (Wildman–Crippen LogP) is 2.19. The minimum Gasteiger partial charge on any atom is -0.777 e. The van der Waals surface area contributed by atoms with Crippen LogP contribution in [0.3, 0.4) is 0 Å². The predicted molar refractivity (Wildman–Crippen MR) is 73.1 cm³/mol. The van der Waals surface area contributed by atoms with Crippen molar-refractivity contribution in [2.45, 2.75) is 25.7 Å². The van der Waals surface area contributed by atoms with Crippen LogP contribution in [0.2, 0.25) is 0 Å². The van der Waals surface area contributed by atoms with E-state index in [0.29, 0.717) is 0 Å². The molecule has 112 valence electrons. The molecule has 1 amide bonds. The van der Waals surface area contributed by atoms with Crippen molar-refractivity contribution >= 4 is 13.7 Å². The maximum absolute atomic E-state index is 11.9. The van der Waals surface area contributed by atoms with Gasteiger partial charge in [0.1, 0.15) is 11.9 Å². The van der Waals surface area contributed by atoms with Crippen LogP contribution in [0.25, 0.3) is 0 Å². The minimum atomic E-state index is -4.21. The third kappa shape index (κ3) is 3.60. The second kappa shape index (κ2) is 6.39. The zero-order chi connectivity index (χ0) is 15.4. The van der Waals surface area contributed by atoms with Crippen LogP contribution in [0.5, 0.6) is 0 Å². The Morgan fingerprint density at radius 3 is 2.40 bits per heavy atom. The number of ether oxygens (including phenoxy) is 1. The van der Waals surface area contributed by atoms with Crippen molar-refractivity contribution in [3.05, 3.63) is 35.9 Å². The summed E-state index contributed by atoms with van der Waals surface area (Å²) in [6, 6.07) is 9.13. The number of hydrogen-bond acceptors (Lipinski definition) is 5. The molecule has 0 aliphatic rings. The van der Waals surface area contributed by atoms with E-state index in [-0.39, 0.29) is 6.61 Å². The summed E-state index contributed by atoms with van der Waals surface area (Å²) in [4.78, 5) is 24.7. The fourth-order valence-electron chi connectivity index (χ4n) is 1.45. The molecule has 0 saturated carbocycles. The molecule has 0 radical (unpaired) electrons. The van der Waals surface area contributed by atoms with Gasteiger partial charge in [-0.15, -0.1) is 0 Å². The molecule has 0 aromatic heterocycles. The molecule has 20 heavy (non-hydrogen) atoms. The van der Waals surface area contributed by atoms with Crippen molar-refractivity contribution < 1.29 is 23.5 Å². The quantitative estimate of drug-likeness (QED) is 0.779. The average Bonchev–Trinajstić information content (AvgIpc) is 2.44. The van der Waals surface area contributed by atoms with Gasteiger partial charge in [-0.1, -0.05) is 30.3 Å². The van der Waals surface area contributed by atoms with E-state index < -0.39 is 19.0 Å². The number of hydrogen-bond donors (Lipinski definition) is 0. The lowest BCUT2D eigenvalue weighted by Crippen LogP contribution is -2.47. The maximum atomic E-state index is 11.9. The van der Waals surface area contributed by atoms with Crippen LogP contribution < -0.4 is 4.89 Å². The first-order valence-electron chi connectivity index (χ1n) is 6.04. The lowest BCUT2D eigenvalue weighted by Gasteiger charge is -2.43. The summed E-state index contributed by atoms with van der Waals surface area (Å²) in [5.41, 5.74) is 0.823. The molecule has 0 aliphatic carbocycles. The molecule has 1 atom stereocenters. The summed E-state index contributed by atoms with van der Waals surface area (Å²) in [5, 5.41) is -1.49. The SMILES string of the molecule is COP(=O)([O-])C(C)(C)N(C)C(=O)OCc1ccccc1. The van der Waals surface area contributed by atoms with Gasteiger partial charge in [0, 0.05) is 14.2 Å². The van der Waals surface area contributed by atoms with Gasteiger partial charge < -0.3 is 18.7 Å². The van der Waals surface area contributed by atoms with E-state index in [2.05, 4.69) is 4.52 Å². The summed E-state index contributed by atoms with van der Waals surface area (Å²) in [6.07, 6.45) is -0.730. The third-order valence-electron chi connectivity index (χ3n) is 3.21. The maximum Gasteiger partial charge on any atom is 0.410 e. The zero-order valence-electron chi connectivity index (χ0n) is 12.0. The van der Waals surface area contributed by atoms with Crippen molar-refractivity contribution in [1.29, 1.82) is 0 Å². The van der Waals surface area contributed by atoms with Gasteiger partial charge in [0.15, 0.2) is 7.60 Å². The Bertz CT molecular complexity index is 503. The smallest absolute Gasteiger partial charge is 0.410 e. The number of carbonyl (C=O) groups excluding carboxylic acids is 1. The number of carbonyl (C=O) groups is 1. The summed E-state index contributed by atoms with van der Waals surface area (Å²) < 4.78 is 21.4. The summed E-state index contributed by atoms with van der Waals surface area (Å²) in [6.45, 7) is 2.85. The molecule has 1 unspecified atom stereocenters. The van der Waals surface area contributed by atoms with Gasteiger partial charge in [-0.3, -0.25) is 4.90 Å². The molecule has 1 aromatic carbocycles. The van der Waals surface area contributed by atoms with E-state index in [0.717, 1.165) is 17.6 Å². The normalized spacial score (nSPS) is 14.4. The van der Waals surface area contributed by atoms with Crippen LogP contribution in [-0.2, 0) is 20.4 Å². The van der Waals surface area contributed by atoms with E-state index in [9.17, 15) is 14.3 Å². The van der Waals surface area contributed by atoms with Crippen LogP contribution in [0.1, 0.15) is 19.4 Å². The Kier molecular flexibility index (Phi) is 5.34. The van der Waals surface area contributed by atoms with Crippen LogP contribution >= 0.6 is 7.60 Å². The molecule has 7 heteroatoms. The summed E-state index contributed by atoms with van der Waals surface area (Å²) in [7, 11) is -1.78. The third-order valence-corrected chi connectivity index (χ3v) is 5.33. The highest BCUT2D eigenvalue weighted by Gasteiger charge is 2.39. The van der Waals surface area contributed by atoms with E-state index in [1.165, 1.54) is 20.9 Å². The van der Waals surface area contributed by atoms with Gasteiger partial charge >= 0.3 is 6.09 Å². The van der Waals surface area contributed by atoms with Gasteiger partial charge in [0.2, 0.25) is 0 Å². The minimum absolute atomic E-state index is 0.0796. The Hall–Kier alpha value is -1.36. The monoisotopic (exact) mass is 300 g/mol. The van der Waals surface area contributed by atoms with E-state index in [1.54, 1.807) is 0 Å². The topological polar surface area (TPSA) is 78.9 Å². The van der Waals surface area contributed by atoms with Crippen LogP contribution in [0.15, 0.2) is 30.3 Å². The first kappa shape index (κ1) is 16.7. The first-order valence-corrected chi connectivity index (χ1v) is 7.58. The van der Waals surface area contributed by atoms with E-state index in [1.807, 2.05) is 30.3 Å². The van der Waals surface area contributed by atoms with Crippen molar-refractivity contribution in [2.75, 3.05) is 14.2 Å². The standard InChI is InChI=1S/C13H20NO5P/c1-13(2,20(16,17)18-4)14(3)12(15)19-10-11-8-6-5-7-9-11/h5-9H,10H2,1-4H3,(H,16,17)/p-1. The van der Waals surface area contributed by atoms with Gasteiger partial charge in [0.05, 0.1) is 0 Å². The first-order chi connectivity index (χ1) is 9.22.